The van der Waals surface area contributed by atoms with Gasteiger partial charge in [0.25, 0.3) is 0 Å². The molecule has 4 nitrogen and oxygen atoms in total. The minimum atomic E-state index is -0.763. The van der Waals surface area contributed by atoms with Gasteiger partial charge in [0.1, 0.15) is 18.1 Å². The normalized spacial score (nSPS) is 9.29. The molecule has 0 spiro atoms. The van der Waals surface area contributed by atoms with Gasteiger partial charge in [-0.25, -0.2) is 4.79 Å². The van der Waals surface area contributed by atoms with E-state index in [0.29, 0.717) is 11.5 Å². The lowest BCUT2D eigenvalue weighted by molar-refractivity contribution is 0.123. The van der Waals surface area contributed by atoms with E-state index in [2.05, 4.69) is 4.74 Å². The number of ether oxygens (including phenoxy) is 3. The van der Waals surface area contributed by atoms with Gasteiger partial charge in [-0.1, -0.05) is 6.07 Å². The molecule has 0 aliphatic rings. The van der Waals surface area contributed by atoms with Gasteiger partial charge in [0, 0.05) is 6.07 Å². The van der Waals surface area contributed by atoms with Gasteiger partial charge in [0.15, 0.2) is 0 Å². The molecule has 0 N–H and O–H groups in total. The van der Waals surface area contributed by atoms with E-state index in [1.54, 1.807) is 31.2 Å². The Kier molecular flexibility index (Phi) is 3.79. The van der Waals surface area contributed by atoms with Crippen LogP contribution in [-0.4, -0.2) is 13.3 Å². The first-order valence-corrected chi connectivity index (χ1v) is 4.06. The fourth-order valence-corrected chi connectivity index (χ4v) is 0.881. The third-order valence-electron chi connectivity index (χ3n) is 1.46. The van der Waals surface area contributed by atoms with Crippen LogP contribution in [0.4, 0.5) is 4.79 Å². The highest BCUT2D eigenvalue weighted by Crippen LogP contribution is 2.19. The first kappa shape index (κ1) is 10.4. The smallest absolute Gasteiger partial charge is 0.497 e. The first-order chi connectivity index (χ1) is 6.76. The molecule has 1 aromatic carbocycles. The average molecular weight is 195 g/mol. The summed E-state index contributed by atoms with van der Waals surface area (Å²) in [7, 11) is 1.54. The maximum absolute atomic E-state index is 10.9. The van der Waals surface area contributed by atoms with Crippen LogP contribution >= 0.6 is 0 Å². The molecule has 0 fully saturated rings. The monoisotopic (exact) mass is 195 g/mol. The van der Waals surface area contributed by atoms with Gasteiger partial charge in [0.2, 0.25) is 0 Å². The lowest BCUT2D eigenvalue weighted by Crippen LogP contribution is -2.07. The van der Waals surface area contributed by atoms with Crippen LogP contribution in [0, 0.1) is 6.61 Å². The van der Waals surface area contributed by atoms with Gasteiger partial charge in [-0.15, -0.1) is 0 Å². The Labute approximate surface area is 82.4 Å². The molecule has 1 aromatic rings. The van der Waals surface area contributed by atoms with Gasteiger partial charge < -0.3 is 14.2 Å². The highest BCUT2D eigenvalue weighted by molar-refractivity contribution is 5.64. The van der Waals surface area contributed by atoms with Crippen LogP contribution in [0.2, 0.25) is 0 Å². The first-order valence-electron chi connectivity index (χ1n) is 4.06. The predicted molar refractivity (Wildman–Crippen MR) is 50.1 cm³/mol. The Balaban J connectivity index is 2.62. The fraction of sp³-hybridized carbons (Fsp3) is 0.200. The maximum atomic E-state index is 10.9. The van der Waals surface area contributed by atoms with Crippen LogP contribution < -0.4 is 9.47 Å². The third kappa shape index (κ3) is 2.97. The average Bonchev–Trinajstić information content (AvgIpc) is 2.18. The highest BCUT2D eigenvalue weighted by atomic mass is 16.7. The van der Waals surface area contributed by atoms with Gasteiger partial charge in [-0.05, 0) is 19.1 Å². The van der Waals surface area contributed by atoms with Crippen LogP contribution in [0.3, 0.4) is 0 Å². The molecule has 0 bridgehead atoms. The Morgan fingerprint density at radius 3 is 2.71 bits per heavy atom. The molecule has 0 heterocycles. The van der Waals surface area contributed by atoms with Crippen molar-refractivity contribution in [1.82, 2.24) is 0 Å². The topological polar surface area (TPSA) is 44.8 Å². The summed E-state index contributed by atoms with van der Waals surface area (Å²) in [5.41, 5.74) is 0. The van der Waals surface area contributed by atoms with Crippen LogP contribution in [0.5, 0.6) is 11.5 Å². The summed E-state index contributed by atoms with van der Waals surface area (Å²) in [6.45, 7) is 2.84. The number of rotatable bonds is 3. The van der Waals surface area contributed by atoms with E-state index in [1.807, 2.05) is 0 Å². The molecule has 0 unspecified atom stereocenters. The molecule has 1 rings (SSSR count). The standard InChI is InChI=1S/C10H11O4/c1-3-13-10(11)14-9-6-4-5-8(7-9)12-2/h3-7H,1-2H3. The molecule has 1 radical (unpaired) electrons. The number of benzene rings is 1. The van der Waals surface area contributed by atoms with E-state index in [-0.39, 0.29) is 0 Å². The second-order valence-electron chi connectivity index (χ2n) is 2.38. The van der Waals surface area contributed by atoms with Gasteiger partial charge in [-0.2, -0.15) is 0 Å². The van der Waals surface area contributed by atoms with Crippen LogP contribution in [0.1, 0.15) is 6.92 Å². The van der Waals surface area contributed by atoms with Crippen LogP contribution in [0.15, 0.2) is 24.3 Å². The van der Waals surface area contributed by atoms with Gasteiger partial charge in [-0.3, -0.25) is 0 Å². The van der Waals surface area contributed by atoms with Crippen molar-refractivity contribution in [3.05, 3.63) is 30.9 Å². The molecule has 0 saturated carbocycles. The predicted octanol–water partition coefficient (Wildman–Crippen LogP) is 2.39. The number of hydrogen-bond acceptors (Lipinski definition) is 4. The molecule has 4 heteroatoms. The largest absolute Gasteiger partial charge is 0.514 e. The van der Waals surface area contributed by atoms with E-state index >= 15 is 0 Å². The summed E-state index contributed by atoms with van der Waals surface area (Å²) in [6.07, 6.45) is -0.763. The highest BCUT2D eigenvalue weighted by Gasteiger charge is 2.05. The second-order valence-corrected chi connectivity index (χ2v) is 2.38. The lowest BCUT2D eigenvalue weighted by Gasteiger charge is -2.04. The summed E-state index contributed by atoms with van der Waals surface area (Å²) >= 11 is 0. The van der Waals surface area contributed by atoms with E-state index in [1.165, 1.54) is 13.7 Å². The number of hydrogen-bond donors (Lipinski definition) is 0. The molecule has 75 valence electrons. The quantitative estimate of drug-likeness (QED) is 0.548. The summed E-state index contributed by atoms with van der Waals surface area (Å²) in [4.78, 5) is 10.9. The van der Waals surface area contributed by atoms with Crippen molar-refractivity contribution in [2.24, 2.45) is 0 Å². The van der Waals surface area contributed by atoms with Crippen LogP contribution in [0.25, 0.3) is 0 Å². The maximum Gasteiger partial charge on any atom is 0.514 e. The second kappa shape index (κ2) is 5.11. The molecule has 0 aromatic heterocycles. The third-order valence-corrected chi connectivity index (χ3v) is 1.46. The van der Waals surface area contributed by atoms with Crippen molar-refractivity contribution in [3.8, 4) is 11.5 Å². The molecule has 0 atom stereocenters. The zero-order chi connectivity index (χ0) is 10.4. The van der Waals surface area contributed by atoms with E-state index in [9.17, 15) is 4.79 Å². The van der Waals surface area contributed by atoms with Crippen molar-refractivity contribution in [3.63, 3.8) is 0 Å². The molecule has 0 amide bonds. The van der Waals surface area contributed by atoms with Crippen molar-refractivity contribution >= 4 is 6.16 Å². The zero-order valence-corrected chi connectivity index (χ0v) is 8.02. The molecule has 0 aliphatic heterocycles. The van der Waals surface area contributed by atoms with E-state index in [0.717, 1.165) is 0 Å². The molecular formula is C10H11O4. The Morgan fingerprint density at radius 1 is 1.36 bits per heavy atom. The summed E-state index contributed by atoms with van der Waals surface area (Å²) in [6, 6.07) is 6.71. The molecular weight excluding hydrogens is 184 g/mol. The van der Waals surface area contributed by atoms with Gasteiger partial charge >= 0.3 is 6.16 Å². The lowest BCUT2D eigenvalue weighted by atomic mass is 10.3. The zero-order valence-electron chi connectivity index (χ0n) is 8.02. The van der Waals surface area contributed by atoms with Crippen LogP contribution in [-0.2, 0) is 4.74 Å². The Morgan fingerprint density at radius 2 is 2.07 bits per heavy atom. The summed E-state index contributed by atoms with van der Waals surface area (Å²) < 4.78 is 14.3. The van der Waals surface area contributed by atoms with E-state index < -0.39 is 6.16 Å². The summed E-state index contributed by atoms with van der Waals surface area (Å²) in [5, 5.41) is 0. The molecule has 0 saturated heterocycles. The van der Waals surface area contributed by atoms with E-state index in [4.69, 9.17) is 9.47 Å². The number of carbonyl (C=O) groups is 1. The van der Waals surface area contributed by atoms with Gasteiger partial charge in [0.05, 0.1) is 7.11 Å². The molecule has 14 heavy (non-hydrogen) atoms. The number of carbonyl (C=O) groups excluding carboxylic acids is 1. The Bertz CT molecular complexity index is 309. The Hall–Kier alpha value is -1.71. The van der Waals surface area contributed by atoms with Crippen molar-refractivity contribution in [1.29, 1.82) is 0 Å². The van der Waals surface area contributed by atoms with Crippen molar-refractivity contribution < 1.29 is 19.0 Å². The SMILES string of the molecule is C[CH]OC(=O)Oc1cccc(OC)c1. The van der Waals surface area contributed by atoms with Crippen molar-refractivity contribution in [2.45, 2.75) is 6.92 Å². The molecule has 0 aliphatic carbocycles. The number of methoxy groups -OCH3 is 1. The minimum absolute atomic E-state index is 0.385. The summed E-state index contributed by atoms with van der Waals surface area (Å²) in [5.74, 6) is 1.01. The minimum Gasteiger partial charge on any atom is -0.497 e. The fourth-order valence-electron chi connectivity index (χ4n) is 0.881. The van der Waals surface area contributed by atoms with Crippen molar-refractivity contribution in [2.75, 3.05) is 7.11 Å².